The van der Waals surface area contributed by atoms with Crippen LogP contribution in [0.4, 0.5) is 0 Å². The molecule has 2 rings (SSSR count). The van der Waals surface area contributed by atoms with Crippen LogP contribution >= 0.6 is 0 Å². The van der Waals surface area contributed by atoms with Crippen molar-refractivity contribution in [2.75, 3.05) is 33.7 Å². The predicted octanol–water partition coefficient (Wildman–Crippen LogP) is 2.27. The van der Waals surface area contributed by atoms with Gasteiger partial charge in [0.25, 0.3) is 0 Å². The van der Waals surface area contributed by atoms with Crippen LogP contribution in [0.15, 0.2) is 11.6 Å². The number of nitrogens with one attached hydrogen (secondary N) is 1. The molecule has 176 valence electrons. The summed E-state index contributed by atoms with van der Waals surface area (Å²) in [6.45, 7) is 12.4. The fourth-order valence-corrected chi connectivity index (χ4v) is 4.38. The second-order valence-electron chi connectivity index (χ2n) is 9.90. The van der Waals surface area contributed by atoms with E-state index in [2.05, 4.69) is 10.2 Å². The molecule has 7 nitrogen and oxygen atoms in total. The maximum Gasteiger partial charge on any atom is 0.249 e. The number of carbonyl (C=O) groups excluding carboxylic acids is 3. The van der Waals surface area contributed by atoms with Gasteiger partial charge in [0, 0.05) is 25.7 Å². The molecule has 1 N–H and O–H groups in total. The molecule has 3 atom stereocenters. The summed E-state index contributed by atoms with van der Waals surface area (Å²) in [6, 6.07) is -0.979. The summed E-state index contributed by atoms with van der Waals surface area (Å²) < 4.78 is 0. The lowest BCUT2D eigenvalue weighted by atomic mass is 9.95. The molecule has 0 bridgehead atoms. The van der Waals surface area contributed by atoms with Gasteiger partial charge in [-0.05, 0) is 51.6 Å². The first-order valence-electron chi connectivity index (χ1n) is 11.8. The number of rotatable bonds is 8. The average molecular weight is 435 g/mol. The minimum absolute atomic E-state index is 0.0339. The zero-order valence-electron chi connectivity index (χ0n) is 20.5. The minimum Gasteiger partial charge on any atom is -0.343 e. The fourth-order valence-electron chi connectivity index (χ4n) is 4.38. The molecule has 2 saturated heterocycles. The van der Waals surface area contributed by atoms with Gasteiger partial charge in [0.15, 0.2) is 0 Å². The third kappa shape index (κ3) is 6.31. The van der Waals surface area contributed by atoms with Crippen molar-refractivity contribution >= 4 is 17.7 Å². The first-order valence-corrected chi connectivity index (χ1v) is 11.8. The molecule has 0 aromatic rings. The Bertz CT molecular complexity index is 684. The standard InChI is InChI=1S/C24H42N4O3/c1-16(2)20(15-18(5)23(30)28-13-10-14-28)27(7)24(31)21(17(3)4)25-22(29)19-11-8-9-12-26(19)6/h15-17,19-21H,8-14H2,1-7H3,(H,25,29)/b18-15+/t19?,20-,21+/m1/s1. The molecule has 31 heavy (non-hydrogen) atoms. The van der Waals surface area contributed by atoms with Crippen molar-refractivity contribution in [2.24, 2.45) is 11.8 Å². The van der Waals surface area contributed by atoms with Gasteiger partial charge in [-0.3, -0.25) is 19.3 Å². The van der Waals surface area contributed by atoms with E-state index in [-0.39, 0.29) is 41.6 Å². The molecule has 0 aliphatic carbocycles. The van der Waals surface area contributed by atoms with Crippen LogP contribution < -0.4 is 5.32 Å². The van der Waals surface area contributed by atoms with E-state index in [9.17, 15) is 14.4 Å². The van der Waals surface area contributed by atoms with Gasteiger partial charge < -0.3 is 15.1 Å². The summed E-state index contributed by atoms with van der Waals surface area (Å²) in [6.07, 6.45) is 5.93. The second-order valence-corrected chi connectivity index (χ2v) is 9.90. The van der Waals surface area contributed by atoms with Crippen LogP contribution in [0.2, 0.25) is 0 Å². The summed E-state index contributed by atoms with van der Waals surface area (Å²) in [5, 5.41) is 3.04. The van der Waals surface area contributed by atoms with E-state index in [4.69, 9.17) is 0 Å². The number of likely N-dealkylation sites (N-methyl/N-ethyl adjacent to an activating group) is 2. The van der Waals surface area contributed by atoms with Crippen LogP contribution in [0.5, 0.6) is 0 Å². The van der Waals surface area contributed by atoms with Gasteiger partial charge in [-0.25, -0.2) is 0 Å². The van der Waals surface area contributed by atoms with E-state index >= 15 is 0 Å². The molecular weight excluding hydrogens is 392 g/mol. The second kappa shape index (κ2) is 11.1. The Balaban J connectivity index is 2.14. The fraction of sp³-hybridized carbons (Fsp3) is 0.792. The molecule has 2 aliphatic heterocycles. The maximum absolute atomic E-state index is 13.5. The zero-order valence-corrected chi connectivity index (χ0v) is 20.5. The third-order valence-corrected chi connectivity index (χ3v) is 6.68. The number of amides is 3. The highest BCUT2D eigenvalue weighted by atomic mass is 16.2. The number of piperidine rings is 1. The molecule has 1 unspecified atom stereocenters. The monoisotopic (exact) mass is 434 g/mol. The SMILES string of the molecule is C/C(=C\[C@H](C(C)C)N(C)C(=O)[C@@H](NC(=O)C1CCCCN1C)C(C)C)C(=O)N1CCC1. The van der Waals surface area contributed by atoms with Crippen LogP contribution in [-0.4, -0.2) is 84.3 Å². The van der Waals surface area contributed by atoms with E-state index in [0.717, 1.165) is 45.3 Å². The van der Waals surface area contributed by atoms with Crippen molar-refractivity contribution in [2.45, 2.75) is 78.4 Å². The topological polar surface area (TPSA) is 73.0 Å². The van der Waals surface area contributed by atoms with Gasteiger partial charge >= 0.3 is 0 Å². The van der Waals surface area contributed by atoms with Crippen LogP contribution in [0.3, 0.4) is 0 Å². The molecule has 2 fully saturated rings. The lowest BCUT2D eigenvalue weighted by molar-refractivity contribution is -0.139. The van der Waals surface area contributed by atoms with Crippen molar-refractivity contribution in [3.05, 3.63) is 11.6 Å². The lowest BCUT2D eigenvalue weighted by Gasteiger charge is -2.36. The van der Waals surface area contributed by atoms with Gasteiger partial charge in [-0.2, -0.15) is 0 Å². The van der Waals surface area contributed by atoms with Gasteiger partial charge in [-0.15, -0.1) is 0 Å². The summed E-state index contributed by atoms with van der Waals surface area (Å²) in [7, 11) is 3.75. The van der Waals surface area contributed by atoms with Gasteiger partial charge in [0.2, 0.25) is 17.7 Å². The van der Waals surface area contributed by atoms with Crippen LogP contribution in [0.25, 0.3) is 0 Å². The summed E-state index contributed by atoms with van der Waals surface area (Å²) >= 11 is 0. The smallest absolute Gasteiger partial charge is 0.249 e. The molecule has 2 heterocycles. The Hall–Kier alpha value is -1.89. The summed E-state index contributed by atoms with van der Waals surface area (Å²) in [5.74, 6) is -0.0225. The Kier molecular flexibility index (Phi) is 9.10. The lowest BCUT2D eigenvalue weighted by Crippen LogP contribution is -2.57. The predicted molar refractivity (Wildman–Crippen MR) is 123 cm³/mol. The largest absolute Gasteiger partial charge is 0.343 e. The van der Waals surface area contributed by atoms with Gasteiger partial charge in [-0.1, -0.05) is 40.2 Å². The average Bonchev–Trinajstić information content (AvgIpc) is 2.67. The Labute approximate surface area is 188 Å². The highest BCUT2D eigenvalue weighted by Crippen LogP contribution is 2.20. The number of carbonyl (C=O) groups is 3. The maximum atomic E-state index is 13.5. The first kappa shape index (κ1) is 25.4. The molecule has 2 aliphatic rings. The number of nitrogens with zero attached hydrogens (tertiary/aromatic N) is 3. The minimum atomic E-state index is -0.589. The first-order chi connectivity index (χ1) is 14.5. The van der Waals surface area contributed by atoms with E-state index < -0.39 is 6.04 Å². The van der Waals surface area contributed by atoms with Gasteiger partial charge in [0.05, 0.1) is 12.1 Å². The van der Waals surface area contributed by atoms with Crippen molar-refractivity contribution in [1.29, 1.82) is 0 Å². The molecule has 0 saturated carbocycles. The number of likely N-dealkylation sites (tertiary alicyclic amines) is 2. The zero-order chi connectivity index (χ0) is 23.3. The molecule has 3 amide bonds. The highest BCUT2D eigenvalue weighted by molar-refractivity contribution is 5.94. The van der Waals surface area contributed by atoms with E-state index in [1.165, 1.54) is 0 Å². The van der Waals surface area contributed by atoms with E-state index in [0.29, 0.717) is 5.57 Å². The number of hydrogen-bond donors (Lipinski definition) is 1. The van der Waals surface area contributed by atoms with Crippen molar-refractivity contribution in [3.63, 3.8) is 0 Å². The van der Waals surface area contributed by atoms with Crippen molar-refractivity contribution in [1.82, 2.24) is 20.0 Å². The summed E-state index contributed by atoms with van der Waals surface area (Å²) in [5.41, 5.74) is 0.673. The van der Waals surface area contributed by atoms with Crippen LogP contribution in [-0.2, 0) is 14.4 Å². The molecular formula is C24H42N4O3. The van der Waals surface area contributed by atoms with E-state index in [1.54, 1.807) is 11.9 Å². The molecule has 0 spiro atoms. The molecule has 0 aromatic carbocycles. The Morgan fingerprint density at radius 2 is 1.65 bits per heavy atom. The quantitative estimate of drug-likeness (QED) is 0.595. The summed E-state index contributed by atoms with van der Waals surface area (Å²) in [4.78, 5) is 44.6. The molecule has 0 radical (unpaired) electrons. The third-order valence-electron chi connectivity index (χ3n) is 6.68. The normalized spacial score (nSPS) is 22.2. The van der Waals surface area contributed by atoms with Crippen LogP contribution in [0, 0.1) is 11.8 Å². The highest BCUT2D eigenvalue weighted by Gasteiger charge is 2.34. The van der Waals surface area contributed by atoms with Crippen LogP contribution in [0.1, 0.15) is 60.3 Å². The Morgan fingerprint density at radius 1 is 1.00 bits per heavy atom. The number of hydrogen-bond acceptors (Lipinski definition) is 4. The van der Waals surface area contributed by atoms with Crippen molar-refractivity contribution < 1.29 is 14.4 Å². The molecule has 0 aromatic heterocycles. The molecule has 7 heteroatoms. The Morgan fingerprint density at radius 3 is 2.13 bits per heavy atom. The van der Waals surface area contributed by atoms with E-state index in [1.807, 2.05) is 52.6 Å². The van der Waals surface area contributed by atoms with Gasteiger partial charge in [0.1, 0.15) is 6.04 Å². The van der Waals surface area contributed by atoms with Crippen molar-refractivity contribution in [3.8, 4) is 0 Å².